The number of methoxy groups -OCH3 is 2. The van der Waals surface area contributed by atoms with E-state index in [4.69, 9.17) is 9.47 Å². The van der Waals surface area contributed by atoms with E-state index < -0.39 is 0 Å². The number of hydrogen-bond donors (Lipinski definition) is 1. The van der Waals surface area contributed by atoms with Crippen molar-refractivity contribution in [3.05, 3.63) is 77.4 Å². The van der Waals surface area contributed by atoms with Gasteiger partial charge in [0.1, 0.15) is 11.8 Å². The monoisotopic (exact) mass is 404 g/mol. The summed E-state index contributed by atoms with van der Waals surface area (Å²) in [5.41, 5.74) is 5.51. The average Bonchev–Trinajstić information content (AvgIpc) is 2.80. The third kappa shape index (κ3) is 3.63. The topological polar surface area (TPSA) is 38.7 Å². The first-order valence-corrected chi connectivity index (χ1v) is 10.4. The van der Waals surface area contributed by atoms with E-state index in [1.165, 1.54) is 11.1 Å². The van der Waals surface area contributed by atoms with Gasteiger partial charge in [0.05, 0.1) is 34.9 Å². The first-order valence-electron chi connectivity index (χ1n) is 10.4. The number of fused-ring (bicyclic) bond motifs is 3. The highest BCUT2D eigenvalue weighted by Gasteiger charge is 2.33. The Morgan fingerprint density at radius 2 is 1.63 bits per heavy atom. The lowest BCUT2D eigenvalue weighted by Crippen LogP contribution is -2.45. The van der Waals surface area contributed by atoms with E-state index in [9.17, 15) is 5.11 Å². The number of phenols is 1. The van der Waals surface area contributed by atoms with Gasteiger partial charge in [-0.05, 0) is 34.9 Å². The largest absolute Gasteiger partial charge is 0.504 e. The van der Waals surface area contributed by atoms with Crippen LogP contribution in [0.1, 0.15) is 22.7 Å². The van der Waals surface area contributed by atoms with Crippen LogP contribution in [0.15, 0.2) is 60.7 Å². The summed E-state index contributed by atoms with van der Waals surface area (Å²) < 4.78 is 11.8. The van der Waals surface area contributed by atoms with Crippen LogP contribution in [-0.4, -0.2) is 44.4 Å². The Balaban J connectivity index is 1.97. The van der Waals surface area contributed by atoms with Gasteiger partial charge < -0.3 is 19.1 Å². The molecule has 1 aliphatic heterocycles. The lowest BCUT2D eigenvalue weighted by Gasteiger charge is -2.38. The maximum Gasteiger partial charge on any atom is 0.165 e. The molecule has 0 amide bonds. The minimum absolute atomic E-state index is 0.198. The molecule has 0 unspecified atom stereocenters. The van der Waals surface area contributed by atoms with Gasteiger partial charge in [0.2, 0.25) is 0 Å². The zero-order valence-corrected chi connectivity index (χ0v) is 18.2. The number of phenolic OH excluding ortho intramolecular Hbond substituents is 1. The highest BCUT2D eigenvalue weighted by molar-refractivity contribution is 5.80. The summed E-state index contributed by atoms with van der Waals surface area (Å²) in [5, 5.41) is 11.2. The van der Waals surface area contributed by atoms with Crippen molar-refractivity contribution >= 4 is 0 Å². The van der Waals surface area contributed by atoms with Crippen LogP contribution in [0.25, 0.3) is 11.1 Å². The van der Waals surface area contributed by atoms with E-state index in [1.54, 1.807) is 14.2 Å². The van der Waals surface area contributed by atoms with Gasteiger partial charge in [-0.25, -0.2) is 0 Å². The third-order valence-electron chi connectivity index (χ3n) is 6.43. The first-order chi connectivity index (χ1) is 14.4. The molecule has 1 N–H and O–H groups in total. The number of rotatable bonds is 3. The van der Waals surface area contributed by atoms with E-state index >= 15 is 0 Å². The summed E-state index contributed by atoms with van der Waals surface area (Å²) in [4.78, 5) is 0. The predicted molar refractivity (Wildman–Crippen MR) is 120 cm³/mol. The molecule has 156 valence electrons. The van der Waals surface area contributed by atoms with Crippen LogP contribution in [0.4, 0.5) is 0 Å². The second kappa shape index (κ2) is 8.04. The summed E-state index contributed by atoms with van der Waals surface area (Å²) in [6, 6.07) is 21.1. The van der Waals surface area contributed by atoms with Crippen LogP contribution in [0, 0.1) is 0 Å². The molecule has 4 nitrogen and oxygen atoms in total. The van der Waals surface area contributed by atoms with E-state index in [2.05, 4.69) is 56.6 Å². The van der Waals surface area contributed by atoms with Gasteiger partial charge in [-0.3, -0.25) is 0 Å². The molecule has 0 aliphatic carbocycles. The van der Waals surface area contributed by atoms with Crippen molar-refractivity contribution in [3.63, 3.8) is 0 Å². The molecule has 0 saturated heterocycles. The zero-order valence-electron chi connectivity index (χ0n) is 18.2. The summed E-state index contributed by atoms with van der Waals surface area (Å²) in [7, 11) is 7.87. The quantitative estimate of drug-likeness (QED) is 0.625. The molecule has 0 radical (unpaired) electrons. The first kappa shape index (κ1) is 20.3. The average molecular weight is 405 g/mol. The van der Waals surface area contributed by atoms with Crippen LogP contribution in [0.3, 0.4) is 0 Å². The molecule has 30 heavy (non-hydrogen) atoms. The van der Waals surface area contributed by atoms with Crippen LogP contribution in [0.5, 0.6) is 17.2 Å². The Morgan fingerprint density at radius 1 is 0.900 bits per heavy atom. The van der Waals surface area contributed by atoms with Gasteiger partial charge in [0, 0.05) is 24.0 Å². The molecule has 4 heteroatoms. The van der Waals surface area contributed by atoms with Gasteiger partial charge >= 0.3 is 0 Å². The highest BCUT2D eigenvalue weighted by atomic mass is 16.5. The molecule has 0 spiro atoms. The van der Waals surface area contributed by atoms with E-state index in [-0.39, 0.29) is 11.8 Å². The molecule has 4 rings (SSSR count). The summed E-state index contributed by atoms with van der Waals surface area (Å²) >= 11 is 0. The SMILES string of the molecule is COc1ccc2c(c1)-c1c(ccc(OC)c1O)C[C@@H](c1ccccc1)[N+](C)(C)CC2. The van der Waals surface area contributed by atoms with Crippen LogP contribution >= 0.6 is 0 Å². The third-order valence-corrected chi connectivity index (χ3v) is 6.43. The van der Waals surface area contributed by atoms with E-state index in [0.717, 1.165) is 46.3 Å². The zero-order chi connectivity index (χ0) is 21.3. The number of nitrogens with zero attached hydrogens (tertiary/aromatic N) is 1. The number of benzene rings is 3. The molecule has 0 aromatic heterocycles. The summed E-state index contributed by atoms with van der Waals surface area (Å²) in [5.74, 6) is 1.48. The van der Waals surface area contributed by atoms with Crippen molar-refractivity contribution in [2.24, 2.45) is 0 Å². The van der Waals surface area contributed by atoms with Crippen LogP contribution in [-0.2, 0) is 12.8 Å². The Morgan fingerprint density at radius 3 is 2.33 bits per heavy atom. The molecule has 1 aliphatic rings. The second-order valence-electron chi connectivity index (χ2n) is 8.56. The Hall–Kier alpha value is -2.98. The molecule has 3 aromatic rings. The standard InChI is InChI=1S/C26H29NO3/c1-27(2)15-14-18-10-12-21(29-3)17-22(18)25-20(11-13-24(30-4)26(25)28)16-23(27)19-8-6-5-7-9-19/h5-13,17,23H,14-16H2,1-4H3/p+1/t23-/m0/s1. The van der Waals surface area contributed by atoms with Gasteiger partial charge in [0.15, 0.2) is 11.5 Å². The second-order valence-corrected chi connectivity index (χ2v) is 8.56. The lowest BCUT2D eigenvalue weighted by atomic mass is 9.89. The van der Waals surface area contributed by atoms with E-state index in [1.807, 2.05) is 18.2 Å². The molecular weight excluding hydrogens is 374 g/mol. The van der Waals surface area contributed by atoms with E-state index in [0.29, 0.717) is 5.75 Å². The molecule has 1 atom stereocenters. The number of hydrogen-bond acceptors (Lipinski definition) is 3. The van der Waals surface area contributed by atoms with Crippen molar-refractivity contribution in [1.29, 1.82) is 0 Å². The van der Waals surface area contributed by atoms with Gasteiger partial charge in [-0.15, -0.1) is 0 Å². The van der Waals surface area contributed by atoms with Gasteiger partial charge in [-0.1, -0.05) is 42.5 Å². The Labute approximate surface area is 178 Å². The normalized spacial score (nSPS) is 17.7. The Kier molecular flexibility index (Phi) is 5.44. The molecule has 0 fully saturated rings. The number of aromatic hydroxyl groups is 1. The van der Waals surface area contributed by atoms with Crippen molar-refractivity contribution in [2.75, 3.05) is 34.9 Å². The predicted octanol–water partition coefficient (Wildman–Crippen LogP) is 4.99. The highest BCUT2D eigenvalue weighted by Crippen LogP contribution is 2.45. The minimum Gasteiger partial charge on any atom is -0.504 e. The number of quaternary nitrogens is 1. The number of likely N-dealkylation sites (N-methyl/N-ethyl adjacent to an activating group) is 1. The van der Waals surface area contributed by atoms with Crippen molar-refractivity contribution in [2.45, 2.75) is 18.9 Å². The van der Waals surface area contributed by atoms with Crippen molar-refractivity contribution in [1.82, 2.24) is 0 Å². The minimum atomic E-state index is 0.198. The smallest absolute Gasteiger partial charge is 0.165 e. The molecule has 0 saturated carbocycles. The fourth-order valence-electron chi connectivity index (χ4n) is 4.60. The van der Waals surface area contributed by atoms with Crippen LogP contribution in [0.2, 0.25) is 0 Å². The summed E-state index contributed by atoms with van der Waals surface area (Å²) in [6.07, 6.45) is 1.73. The molecule has 1 heterocycles. The Bertz CT molecular complexity index is 1040. The van der Waals surface area contributed by atoms with Crippen molar-refractivity contribution < 1.29 is 19.1 Å². The molecule has 3 aromatic carbocycles. The molecule has 0 bridgehead atoms. The maximum atomic E-state index is 11.2. The lowest BCUT2D eigenvalue weighted by molar-refractivity contribution is -0.920. The maximum absolute atomic E-state index is 11.2. The van der Waals surface area contributed by atoms with Crippen LogP contribution < -0.4 is 9.47 Å². The van der Waals surface area contributed by atoms with Crippen molar-refractivity contribution in [3.8, 4) is 28.4 Å². The fraction of sp³-hybridized carbons (Fsp3) is 0.308. The number of ether oxygens (including phenoxy) is 2. The van der Waals surface area contributed by atoms with Gasteiger partial charge in [-0.2, -0.15) is 0 Å². The molecular formula is C26H30NO3+. The summed E-state index contributed by atoms with van der Waals surface area (Å²) in [6.45, 7) is 0.991. The fourth-order valence-corrected chi connectivity index (χ4v) is 4.60. The van der Waals surface area contributed by atoms with Gasteiger partial charge in [0.25, 0.3) is 0 Å².